The summed E-state index contributed by atoms with van der Waals surface area (Å²) < 4.78 is 9.53. The summed E-state index contributed by atoms with van der Waals surface area (Å²) in [6, 6.07) is 0. The lowest BCUT2D eigenvalue weighted by Gasteiger charge is -2.26. The van der Waals surface area contributed by atoms with E-state index in [-0.39, 0.29) is 23.8 Å². The highest BCUT2D eigenvalue weighted by Crippen LogP contribution is 2.52. The van der Waals surface area contributed by atoms with E-state index >= 15 is 0 Å². The minimum atomic E-state index is -0.263. The standard InChI is InChI=1S/C11H16O4/c1-14-10(12)8-6-3-4-7(5-6)9(8)11(13)15-2/h6-9H,3-5H2,1-2H3/t6?,7?,8-,9-/m1/s1. The van der Waals surface area contributed by atoms with Gasteiger partial charge in [0.1, 0.15) is 0 Å². The number of methoxy groups -OCH3 is 2. The van der Waals surface area contributed by atoms with E-state index in [9.17, 15) is 9.59 Å². The lowest BCUT2D eigenvalue weighted by atomic mass is 9.79. The Morgan fingerprint density at radius 3 is 1.67 bits per heavy atom. The zero-order valence-corrected chi connectivity index (χ0v) is 9.06. The number of carbonyl (C=O) groups excluding carboxylic acids is 2. The highest BCUT2D eigenvalue weighted by Gasteiger charge is 2.54. The summed E-state index contributed by atoms with van der Waals surface area (Å²) in [7, 11) is 2.76. The van der Waals surface area contributed by atoms with Gasteiger partial charge in [0, 0.05) is 0 Å². The van der Waals surface area contributed by atoms with E-state index in [2.05, 4.69) is 0 Å². The van der Waals surface area contributed by atoms with Gasteiger partial charge >= 0.3 is 11.9 Å². The number of rotatable bonds is 2. The molecule has 4 atom stereocenters. The van der Waals surface area contributed by atoms with E-state index in [1.54, 1.807) is 0 Å². The van der Waals surface area contributed by atoms with Gasteiger partial charge in [-0.1, -0.05) is 0 Å². The molecule has 0 aromatic carbocycles. The lowest BCUT2D eigenvalue weighted by Crippen LogP contribution is -2.36. The van der Waals surface area contributed by atoms with Crippen molar-refractivity contribution in [2.75, 3.05) is 14.2 Å². The molecule has 0 radical (unpaired) electrons. The maximum Gasteiger partial charge on any atom is 0.309 e. The van der Waals surface area contributed by atoms with Gasteiger partial charge in [0.15, 0.2) is 0 Å². The Kier molecular flexibility index (Phi) is 2.67. The number of hydrogen-bond acceptors (Lipinski definition) is 4. The summed E-state index contributed by atoms with van der Waals surface area (Å²) in [6.45, 7) is 0. The van der Waals surface area contributed by atoms with Crippen molar-refractivity contribution in [3.63, 3.8) is 0 Å². The molecule has 0 aromatic heterocycles. The average Bonchev–Trinajstić information content (AvgIpc) is 2.86. The molecule has 4 heteroatoms. The third-order valence-electron chi connectivity index (χ3n) is 3.86. The van der Waals surface area contributed by atoms with Crippen molar-refractivity contribution in [1.29, 1.82) is 0 Å². The van der Waals surface area contributed by atoms with Crippen LogP contribution in [0.5, 0.6) is 0 Å². The number of hydrogen-bond donors (Lipinski definition) is 0. The van der Waals surface area contributed by atoms with Crippen molar-refractivity contribution in [1.82, 2.24) is 0 Å². The Balaban J connectivity index is 2.19. The van der Waals surface area contributed by atoms with Crippen LogP contribution >= 0.6 is 0 Å². The summed E-state index contributed by atoms with van der Waals surface area (Å²) in [6.07, 6.45) is 3.05. The first-order valence-electron chi connectivity index (χ1n) is 5.34. The highest BCUT2D eigenvalue weighted by atomic mass is 16.5. The summed E-state index contributed by atoms with van der Waals surface area (Å²) in [4.78, 5) is 23.2. The molecular weight excluding hydrogens is 196 g/mol. The van der Waals surface area contributed by atoms with Gasteiger partial charge in [-0.05, 0) is 31.1 Å². The Bertz CT molecular complexity index is 258. The first kappa shape index (κ1) is 10.5. The predicted molar refractivity (Wildman–Crippen MR) is 51.8 cm³/mol. The fourth-order valence-electron chi connectivity index (χ4n) is 3.24. The third kappa shape index (κ3) is 1.52. The summed E-state index contributed by atoms with van der Waals surface area (Å²) in [5.41, 5.74) is 0. The van der Waals surface area contributed by atoms with Gasteiger partial charge < -0.3 is 9.47 Å². The van der Waals surface area contributed by atoms with Crippen LogP contribution in [0.15, 0.2) is 0 Å². The normalized spacial score (nSPS) is 37.7. The molecule has 0 saturated heterocycles. The van der Waals surface area contributed by atoms with Crippen LogP contribution in [0.3, 0.4) is 0 Å². The minimum absolute atomic E-state index is 0.252. The second kappa shape index (κ2) is 3.83. The van der Waals surface area contributed by atoms with Crippen molar-refractivity contribution in [3.05, 3.63) is 0 Å². The average molecular weight is 212 g/mol. The highest BCUT2D eigenvalue weighted by molar-refractivity contribution is 5.83. The van der Waals surface area contributed by atoms with Crippen molar-refractivity contribution in [2.45, 2.75) is 19.3 Å². The van der Waals surface area contributed by atoms with Crippen LogP contribution in [0.4, 0.5) is 0 Å². The molecule has 0 aromatic rings. The maximum absolute atomic E-state index is 11.6. The van der Waals surface area contributed by atoms with Crippen LogP contribution in [0.1, 0.15) is 19.3 Å². The zero-order chi connectivity index (χ0) is 11.0. The van der Waals surface area contributed by atoms with E-state index in [1.165, 1.54) is 14.2 Å². The van der Waals surface area contributed by atoms with E-state index in [4.69, 9.17) is 9.47 Å². The molecule has 0 N–H and O–H groups in total. The third-order valence-corrected chi connectivity index (χ3v) is 3.86. The quantitative estimate of drug-likeness (QED) is 0.641. The largest absolute Gasteiger partial charge is 0.469 e. The topological polar surface area (TPSA) is 52.6 Å². The van der Waals surface area contributed by atoms with Gasteiger partial charge in [-0.2, -0.15) is 0 Å². The molecule has 2 aliphatic carbocycles. The summed E-state index contributed by atoms with van der Waals surface area (Å²) >= 11 is 0. The van der Waals surface area contributed by atoms with Gasteiger partial charge in [-0.25, -0.2) is 0 Å². The molecule has 0 spiro atoms. The fraction of sp³-hybridized carbons (Fsp3) is 0.818. The Morgan fingerprint density at radius 2 is 1.33 bits per heavy atom. The SMILES string of the molecule is COC(=O)[C@@H]1C2CCC(C2)[C@H]1C(=O)OC. The Morgan fingerprint density at radius 1 is 0.933 bits per heavy atom. The molecule has 0 aliphatic heterocycles. The maximum atomic E-state index is 11.6. The molecule has 0 amide bonds. The van der Waals surface area contributed by atoms with Gasteiger partial charge in [0.05, 0.1) is 26.1 Å². The smallest absolute Gasteiger partial charge is 0.309 e. The first-order valence-corrected chi connectivity index (χ1v) is 5.34. The number of ether oxygens (including phenoxy) is 2. The van der Waals surface area contributed by atoms with E-state index in [0.29, 0.717) is 11.8 Å². The summed E-state index contributed by atoms with van der Waals surface area (Å²) in [5, 5.41) is 0. The first-order chi connectivity index (χ1) is 7.19. The van der Waals surface area contributed by atoms with Gasteiger partial charge in [0.25, 0.3) is 0 Å². The van der Waals surface area contributed by atoms with Crippen molar-refractivity contribution in [3.8, 4) is 0 Å². The zero-order valence-electron chi connectivity index (χ0n) is 9.06. The Hall–Kier alpha value is -1.06. The van der Waals surface area contributed by atoms with Crippen LogP contribution in [0, 0.1) is 23.7 Å². The molecule has 2 unspecified atom stereocenters. The molecule has 4 nitrogen and oxygen atoms in total. The van der Waals surface area contributed by atoms with E-state index in [0.717, 1.165) is 19.3 Å². The molecule has 2 saturated carbocycles. The molecule has 2 aliphatic rings. The van der Waals surface area contributed by atoms with Crippen LogP contribution in [-0.4, -0.2) is 26.2 Å². The van der Waals surface area contributed by atoms with Gasteiger partial charge in [-0.3, -0.25) is 9.59 Å². The second-order valence-corrected chi connectivity index (χ2v) is 4.43. The second-order valence-electron chi connectivity index (χ2n) is 4.43. The molecule has 2 bridgehead atoms. The van der Waals surface area contributed by atoms with Crippen LogP contribution in [-0.2, 0) is 19.1 Å². The summed E-state index contributed by atoms with van der Waals surface area (Å²) in [5.74, 6) is -0.379. The van der Waals surface area contributed by atoms with Crippen LogP contribution in [0.2, 0.25) is 0 Å². The number of esters is 2. The van der Waals surface area contributed by atoms with Gasteiger partial charge in [-0.15, -0.1) is 0 Å². The monoisotopic (exact) mass is 212 g/mol. The minimum Gasteiger partial charge on any atom is -0.469 e. The molecule has 15 heavy (non-hydrogen) atoms. The van der Waals surface area contributed by atoms with Gasteiger partial charge in [0.2, 0.25) is 0 Å². The number of carbonyl (C=O) groups is 2. The molecule has 0 heterocycles. The van der Waals surface area contributed by atoms with Crippen molar-refractivity contribution < 1.29 is 19.1 Å². The van der Waals surface area contributed by atoms with Crippen LogP contribution < -0.4 is 0 Å². The van der Waals surface area contributed by atoms with Crippen molar-refractivity contribution in [2.24, 2.45) is 23.7 Å². The molecule has 84 valence electrons. The lowest BCUT2D eigenvalue weighted by molar-refractivity contribution is -0.160. The van der Waals surface area contributed by atoms with E-state index in [1.807, 2.05) is 0 Å². The Labute approximate surface area is 88.9 Å². The molecular formula is C11H16O4. The van der Waals surface area contributed by atoms with Crippen LogP contribution in [0.25, 0.3) is 0 Å². The molecule has 2 fully saturated rings. The number of fused-ring (bicyclic) bond motifs is 2. The fourth-order valence-corrected chi connectivity index (χ4v) is 3.24. The van der Waals surface area contributed by atoms with E-state index < -0.39 is 0 Å². The van der Waals surface area contributed by atoms with Crippen molar-refractivity contribution >= 4 is 11.9 Å². The predicted octanol–water partition coefficient (Wildman–Crippen LogP) is 0.995. The molecule has 2 rings (SSSR count).